The van der Waals surface area contributed by atoms with Crippen LogP contribution in [0.25, 0.3) is 10.9 Å². The van der Waals surface area contributed by atoms with Crippen molar-refractivity contribution in [2.24, 2.45) is 16.5 Å². The molecule has 0 aliphatic heterocycles. The average molecular weight is 436 g/mol. The summed E-state index contributed by atoms with van der Waals surface area (Å²) in [5.74, 6) is 0.387. The number of aliphatic imine (C=N–C) groups is 1. The maximum absolute atomic E-state index is 12.4. The summed E-state index contributed by atoms with van der Waals surface area (Å²) in [5, 5.41) is 4.02. The van der Waals surface area contributed by atoms with Gasteiger partial charge in [0.1, 0.15) is 0 Å². The summed E-state index contributed by atoms with van der Waals surface area (Å²) in [5.41, 5.74) is 15.8. The highest BCUT2D eigenvalue weighted by Gasteiger charge is 2.16. The SMILES string of the molecule is CC(N)=NCc1cccc(CNC(=O)[C@@H](N)Cc2c[nH]c3ccccc23)c1.Cl.Cl. The Morgan fingerprint density at radius 2 is 1.86 bits per heavy atom. The highest BCUT2D eigenvalue weighted by atomic mass is 35.5. The minimum atomic E-state index is -0.600. The van der Waals surface area contributed by atoms with Gasteiger partial charge in [-0.3, -0.25) is 9.79 Å². The second-order valence-electron chi connectivity index (χ2n) is 6.67. The van der Waals surface area contributed by atoms with E-state index in [1.807, 2.05) is 54.7 Å². The van der Waals surface area contributed by atoms with E-state index in [-0.39, 0.29) is 30.7 Å². The average Bonchev–Trinajstić information content (AvgIpc) is 3.08. The number of H-pyrrole nitrogens is 1. The predicted octanol–water partition coefficient (Wildman–Crippen LogP) is 3.07. The number of aromatic nitrogens is 1. The van der Waals surface area contributed by atoms with Gasteiger partial charge in [0.2, 0.25) is 5.91 Å². The van der Waals surface area contributed by atoms with Gasteiger partial charge < -0.3 is 21.8 Å². The Balaban J connectivity index is 0.00000210. The van der Waals surface area contributed by atoms with Crippen molar-refractivity contribution in [1.82, 2.24) is 10.3 Å². The number of amidine groups is 1. The van der Waals surface area contributed by atoms with Crippen molar-refractivity contribution in [3.8, 4) is 0 Å². The van der Waals surface area contributed by atoms with Gasteiger partial charge in [0.05, 0.1) is 18.4 Å². The van der Waals surface area contributed by atoms with E-state index in [0.717, 1.165) is 27.6 Å². The number of nitrogens with one attached hydrogen (secondary N) is 2. The van der Waals surface area contributed by atoms with E-state index < -0.39 is 6.04 Å². The normalized spacial score (nSPS) is 12.0. The van der Waals surface area contributed by atoms with Crippen molar-refractivity contribution in [1.29, 1.82) is 0 Å². The Morgan fingerprint density at radius 1 is 1.14 bits per heavy atom. The first-order chi connectivity index (χ1) is 13.0. The van der Waals surface area contributed by atoms with Crippen LogP contribution in [0.15, 0.2) is 59.7 Å². The van der Waals surface area contributed by atoms with Crippen LogP contribution in [0.5, 0.6) is 0 Å². The van der Waals surface area contributed by atoms with Crippen molar-refractivity contribution >= 4 is 47.5 Å². The summed E-state index contributed by atoms with van der Waals surface area (Å²) in [6.07, 6.45) is 2.40. The summed E-state index contributed by atoms with van der Waals surface area (Å²) >= 11 is 0. The van der Waals surface area contributed by atoms with E-state index in [2.05, 4.69) is 15.3 Å². The summed E-state index contributed by atoms with van der Waals surface area (Å²) in [6, 6.07) is 15.3. The highest BCUT2D eigenvalue weighted by Crippen LogP contribution is 2.18. The Morgan fingerprint density at radius 3 is 2.62 bits per heavy atom. The van der Waals surface area contributed by atoms with Gasteiger partial charge in [-0.15, -0.1) is 24.8 Å². The second kappa shape index (κ2) is 11.5. The first-order valence-electron chi connectivity index (χ1n) is 8.95. The lowest BCUT2D eigenvalue weighted by Crippen LogP contribution is -2.41. The van der Waals surface area contributed by atoms with Gasteiger partial charge in [-0.1, -0.05) is 42.5 Å². The van der Waals surface area contributed by atoms with Crippen LogP contribution < -0.4 is 16.8 Å². The molecule has 0 radical (unpaired) electrons. The molecule has 8 heteroatoms. The van der Waals surface area contributed by atoms with Gasteiger partial charge in [-0.2, -0.15) is 0 Å². The molecule has 0 saturated heterocycles. The van der Waals surface area contributed by atoms with Crippen molar-refractivity contribution in [2.45, 2.75) is 32.5 Å². The molecule has 0 bridgehead atoms. The van der Waals surface area contributed by atoms with Crippen LogP contribution in [0, 0.1) is 0 Å². The third-order valence-corrected chi connectivity index (χ3v) is 4.42. The molecule has 1 aromatic heterocycles. The quantitative estimate of drug-likeness (QED) is 0.338. The number of hydrogen-bond donors (Lipinski definition) is 4. The largest absolute Gasteiger partial charge is 0.388 e. The van der Waals surface area contributed by atoms with Gasteiger partial charge in [-0.05, 0) is 36.1 Å². The summed E-state index contributed by atoms with van der Waals surface area (Å²) in [7, 11) is 0. The van der Waals surface area contributed by atoms with Crippen molar-refractivity contribution in [3.05, 3.63) is 71.4 Å². The minimum absolute atomic E-state index is 0. The number of nitrogens with two attached hydrogens (primary N) is 2. The molecule has 29 heavy (non-hydrogen) atoms. The van der Waals surface area contributed by atoms with Crippen LogP contribution in [-0.4, -0.2) is 22.8 Å². The molecule has 0 fully saturated rings. The summed E-state index contributed by atoms with van der Waals surface area (Å²) in [4.78, 5) is 19.8. The van der Waals surface area contributed by atoms with Crippen LogP contribution in [0.2, 0.25) is 0 Å². The number of amides is 1. The number of nitrogens with zero attached hydrogens (tertiary/aromatic N) is 1. The van der Waals surface area contributed by atoms with E-state index in [9.17, 15) is 4.79 Å². The number of rotatable bonds is 7. The van der Waals surface area contributed by atoms with Gasteiger partial charge in [-0.25, -0.2) is 0 Å². The van der Waals surface area contributed by atoms with Crippen LogP contribution >= 0.6 is 24.8 Å². The maximum Gasteiger partial charge on any atom is 0.237 e. The monoisotopic (exact) mass is 435 g/mol. The molecular formula is C21H27Cl2N5O. The Labute approximate surface area is 183 Å². The molecule has 2 aromatic carbocycles. The number of aromatic amines is 1. The number of fused-ring (bicyclic) bond motifs is 1. The third kappa shape index (κ3) is 6.78. The van der Waals surface area contributed by atoms with Crippen molar-refractivity contribution in [2.75, 3.05) is 0 Å². The Hall–Kier alpha value is -2.54. The lowest BCUT2D eigenvalue weighted by molar-refractivity contribution is -0.122. The first kappa shape index (κ1) is 24.5. The van der Waals surface area contributed by atoms with E-state index in [1.165, 1.54) is 0 Å². The van der Waals surface area contributed by atoms with Crippen molar-refractivity contribution in [3.63, 3.8) is 0 Å². The van der Waals surface area contributed by atoms with Crippen LogP contribution in [0.4, 0.5) is 0 Å². The fourth-order valence-corrected chi connectivity index (χ4v) is 3.00. The Kier molecular flexibility index (Phi) is 9.68. The molecule has 6 N–H and O–H groups in total. The fraction of sp³-hybridized carbons (Fsp3) is 0.238. The summed E-state index contributed by atoms with van der Waals surface area (Å²) < 4.78 is 0. The molecular weight excluding hydrogens is 409 g/mol. The first-order valence-corrected chi connectivity index (χ1v) is 8.95. The number of carbonyl (C=O) groups is 1. The van der Waals surface area contributed by atoms with E-state index in [1.54, 1.807) is 6.92 Å². The molecule has 1 heterocycles. The molecule has 0 spiro atoms. The molecule has 1 amide bonds. The lowest BCUT2D eigenvalue weighted by Gasteiger charge is -2.12. The molecule has 3 aromatic rings. The molecule has 1 atom stereocenters. The number of halogens is 2. The van der Waals surface area contributed by atoms with Gasteiger partial charge in [0.25, 0.3) is 0 Å². The van der Waals surface area contributed by atoms with Gasteiger partial charge >= 0.3 is 0 Å². The number of benzene rings is 2. The third-order valence-electron chi connectivity index (χ3n) is 4.42. The maximum atomic E-state index is 12.4. The van der Waals surface area contributed by atoms with Crippen LogP contribution in [0.1, 0.15) is 23.6 Å². The second-order valence-corrected chi connectivity index (χ2v) is 6.67. The number of hydrogen-bond acceptors (Lipinski definition) is 3. The zero-order chi connectivity index (χ0) is 19.2. The number of para-hydroxylation sites is 1. The number of carbonyl (C=O) groups excluding carboxylic acids is 1. The molecule has 0 unspecified atom stereocenters. The zero-order valence-corrected chi connectivity index (χ0v) is 17.9. The molecule has 0 aliphatic rings. The zero-order valence-electron chi connectivity index (χ0n) is 16.2. The molecule has 3 rings (SSSR count). The molecule has 0 saturated carbocycles. The molecule has 0 aliphatic carbocycles. The Bertz CT molecular complexity index is 966. The van der Waals surface area contributed by atoms with Crippen LogP contribution in [0.3, 0.4) is 0 Å². The molecule has 156 valence electrons. The van der Waals surface area contributed by atoms with Gasteiger partial charge in [0, 0.05) is 23.6 Å². The van der Waals surface area contributed by atoms with E-state index in [4.69, 9.17) is 11.5 Å². The molecule has 6 nitrogen and oxygen atoms in total. The standard InChI is InChI=1S/C21H25N5O.2ClH/c1-14(22)24-11-15-5-4-6-16(9-15)12-26-21(27)19(23)10-17-13-25-20-8-3-2-7-18(17)20;;/h2-9,13,19,25H,10-12,23H2,1H3,(H2,22,24)(H,26,27);2*1H/t19-;;/m0../s1. The van der Waals surface area contributed by atoms with Gasteiger partial charge in [0.15, 0.2) is 0 Å². The fourth-order valence-electron chi connectivity index (χ4n) is 3.00. The highest BCUT2D eigenvalue weighted by molar-refractivity contribution is 5.86. The van der Waals surface area contributed by atoms with E-state index in [0.29, 0.717) is 25.3 Å². The predicted molar refractivity (Wildman–Crippen MR) is 124 cm³/mol. The smallest absolute Gasteiger partial charge is 0.237 e. The topological polar surface area (TPSA) is 109 Å². The summed E-state index contributed by atoms with van der Waals surface area (Å²) in [6.45, 7) is 2.73. The lowest BCUT2D eigenvalue weighted by atomic mass is 10.0. The van der Waals surface area contributed by atoms with Crippen LogP contribution in [-0.2, 0) is 24.3 Å². The van der Waals surface area contributed by atoms with E-state index >= 15 is 0 Å². The minimum Gasteiger partial charge on any atom is -0.388 e. The van der Waals surface area contributed by atoms with Crippen molar-refractivity contribution < 1.29 is 4.79 Å².